The number of piperidine rings is 1. The third kappa shape index (κ3) is 4.66. The van der Waals surface area contributed by atoms with Gasteiger partial charge in [0.15, 0.2) is 5.82 Å². The summed E-state index contributed by atoms with van der Waals surface area (Å²) < 4.78 is 14.8. The highest BCUT2D eigenvalue weighted by Gasteiger charge is 2.22. The van der Waals surface area contributed by atoms with Crippen LogP contribution >= 0.6 is 23.7 Å². The average Bonchev–Trinajstić information content (AvgIpc) is 3.26. The van der Waals surface area contributed by atoms with Gasteiger partial charge < -0.3 is 5.32 Å². The van der Waals surface area contributed by atoms with Gasteiger partial charge in [0.05, 0.1) is 4.88 Å². The highest BCUT2D eigenvalue weighted by atomic mass is 35.5. The summed E-state index contributed by atoms with van der Waals surface area (Å²) in [6, 6.07) is 8.13. The number of nitrogens with one attached hydrogen (secondary N) is 2. The van der Waals surface area contributed by atoms with Crippen molar-refractivity contribution in [3.63, 3.8) is 0 Å². The molecule has 0 spiro atoms. The van der Waals surface area contributed by atoms with Crippen molar-refractivity contribution in [2.45, 2.75) is 25.7 Å². The van der Waals surface area contributed by atoms with Gasteiger partial charge in [-0.15, -0.1) is 23.7 Å². The van der Waals surface area contributed by atoms with Crippen molar-refractivity contribution < 1.29 is 9.18 Å². The molecular weight excluding hydrogens is 413 g/mol. The monoisotopic (exact) mass is 435 g/mol. The van der Waals surface area contributed by atoms with Crippen molar-refractivity contribution >= 4 is 35.6 Å². The SMILES string of the molecule is Cc1sc(C(=O)Nc2nc(C3CCNCC3)nn2C)cc1-c1ccc(F)cc1.Cl. The van der Waals surface area contributed by atoms with Gasteiger partial charge in [0.2, 0.25) is 5.95 Å². The Balaban J connectivity index is 0.00000240. The third-order valence-electron chi connectivity index (χ3n) is 5.01. The van der Waals surface area contributed by atoms with Crippen LogP contribution in [-0.2, 0) is 7.05 Å². The fraction of sp³-hybridized carbons (Fsp3) is 0.350. The summed E-state index contributed by atoms with van der Waals surface area (Å²) in [5.74, 6) is 1.07. The predicted molar refractivity (Wildman–Crippen MR) is 115 cm³/mol. The number of aromatic nitrogens is 3. The van der Waals surface area contributed by atoms with E-state index in [2.05, 4.69) is 20.7 Å². The van der Waals surface area contributed by atoms with Crippen LogP contribution in [0, 0.1) is 12.7 Å². The lowest BCUT2D eigenvalue weighted by atomic mass is 9.98. The predicted octanol–water partition coefficient (Wildman–Crippen LogP) is 4.13. The zero-order chi connectivity index (χ0) is 19.7. The quantitative estimate of drug-likeness (QED) is 0.646. The van der Waals surface area contributed by atoms with Crippen LogP contribution in [0.4, 0.5) is 10.3 Å². The lowest BCUT2D eigenvalue weighted by Crippen LogP contribution is -2.27. The van der Waals surface area contributed by atoms with E-state index in [0.29, 0.717) is 16.7 Å². The number of rotatable bonds is 4. The number of nitrogens with zero attached hydrogens (tertiary/aromatic N) is 3. The zero-order valence-corrected chi connectivity index (χ0v) is 17.9. The smallest absolute Gasteiger partial charge is 0.268 e. The van der Waals surface area contributed by atoms with Gasteiger partial charge in [0.25, 0.3) is 5.91 Å². The minimum absolute atomic E-state index is 0. The minimum atomic E-state index is -0.276. The maximum atomic E-state index is 13.2. The number of thiophene rings is 1. The molecule has 3 aromatic rings. The largest absolute Gasteiger partial charge is 0.317 e. The molecule has 0 unspecified atom stereocenters. The first-order valence-corrected chi connectivity index (χ1v) is 10.1. The molecule has 3 heterocycles. The van der Waals surface area contributed by atoms with E-state index in [1.54, 1.807) is 23.9 Å². The molecule has 9 heteroatoms. The number of hydrogen-bond donors (Lipinski definition) is 2. The van der Waals surface area contributed by atoms with Crippen molar-refractivity contribution in [1.29, 1.82) is 0 Å². The summed E-state index contributed by atoms with van der Waals surface area (Å²) in [7, 11) is 1.79. The number of amides is 1. The van der Waals surface area contributed by atoms with Gasteiger partial charge >= 0.3 is 0 Å². The fourth-order valence-electron chi connectivity index (χ4n) is 3.44. The van der Waals surface area contributed by atoms with Gasteiger partial charge in [-0.3, -0.25) is 10.1 Å². The van der Waals surface area contributed by atoms with Gasteiger partial charge in [-0.1, -0.05) is 12.1 Å². The maximum absolute atomic E-state index is 13.2. The summed E-state index contributed by atoms with van der Waals surface area (Å²) in [4.78, 5) is 18.9. The maximum Gasteiger partial charge on any atom is 0.268 e. The number of anilines is 1. The Morgan fingerprint density at radius 2 is 1.97 bits per heavy atom. The standard InChI is InChI=1S/C20H22FN5OS.ClH/c1-12-16(13-3-5-15(21)6-4-13)11-17(28-12)19(27)24-20-23-18(25-26(20)2)14-7-9-22-10-8-14;/h3-6,11,14,22H,7-10H2,1-2H3,(H,23,24,25,27);1H. The number of carbonyl (C=O) groups excluding carboxylic acids is 1. The van der Waals surface area contributed by atoms with E-state index in [4.69, 9.17) is 0 Å². The van der Waals surface area contributed by atoms with Crippen LogP contribution in [0.15, 0.2) is 30.3 Å². The molecule has 6 nitrogen and oxygen atoms in total. The third-order valence-corrected chi connectivity index (χ3v) is 6.06. The van der Waals surface area contributed by atoms with Crippen LogP contribution in [-0.4, -0.2) is 33.8 Å². The van der Waals surface area contributed by atoms with Gasteiger partial charge in [0, 0.05) is 17.8 Å². The van der Waals surface area contributed by atoms with Crippen molar-refractivity contribution in [3.05, 3.63) is 51.7 Å². The number of hydrogen-bond acceptors (Lipinski definition) is 5. The van der Waals surface area contributed by atoms with Gasteiger partial charge in [-0.2, -0.15) is 10.1 Å². The average molecular weight is 436 g/mol. The number of benzene rings is 1. The Kier molecular flexibility index (Phi) is 6.66. The van der Waals surface area contributed by atoms with Gasteiger partial charge in [-0.25, -0.2) is 9.07 Å². The van der Waals surface area contributed by atoms with E-state index in [1.165, 1.54) is 23.5 Å². The Hall–Kier alpha value is -2.29. The van der Waals surface area contributed by atoms with Gasteiger partial charge in [-0.05, 0) is 62.2 Å². The molecule has 154 valence electrons. The molecule has 0 radical (unpaired) electrons. The molecule has 1 saturated heterocycles. The molecule has 1 aliphatic heterocycles. The van der Waals surface area contributed by atoms with Crippen LogP contribution in [0.3, 0.4) is 0 Å². The first kappa shape index (κ1) is 21.4. The van der Waals surface area contributed by atoms with Crippen molar-refractivity contribution in [2.75, 3.05) is 18.4 Å². The number of aryl methyl sites for hydroxylation is 2. The fourth-order valence-corrected chi connectivity index (χ4v) is 4.38. The van der Waals surface area contributed by atoms with Crippen LogP contribution in [0.5, 0.6) is 0 Å². The zero-order valence-electron chi connectivity index (χ0n) is 16.2. The lowest BCUT2D eigenvalue weighted by molar-refractivity contribution is 0.102. The van der Waals surface area contributed by atoms with Crippen LogP contribution in [0.1, 0.15) is 39.1 Å². The second-order valence-electron chi connectivity index (χ2n) is 6.98. The van der Waals surface area contributed by atoms with Crippen LogP contribution in [0.2, 0.25) is 0 Å². The van der Waals surface area contributed by atoms with Crippen molar-refractivity contribution in [1.82, 2.24) is 20.1 Å². The number of halogens is 2. The molecule has 2 aromatic heterocycles. The van der Waals surface area contributed by atoms with Crippen molar-refractivity contribution in [2.24, 2.45) is 7.05 Å². The van der Waals surface area contributed by atoms with E-state index in [-0.39, 0.29) is 24.1 Å². The molecule has 1 aromatic carbocycles. The van der Waals surface area contributed by atoms with E-state index in [1.807, 2.05) is 13.0 Å². The topological polar surface area (TPSA) is 71.8 Å². The first-order valence-electron chi connectivity index (χ1n) is 9.30. The Bertz CT molecular complexity index is 995. The molecule has 4 rings (SSSR count). The molecule has 0 atom stereocenters. The van der Waals surface area contributed by atoms with Crippen molar-refractivity contribution in [3.8, 4) is 11.1 Å². The van der Waals surface area contributed by atoms with Crippen LogP contribution < -0.4 is 10.6 Å². The van der Waals surface area contributed by atoms with E-state index in [9.17, 15) is 9.18 Å². The highest BCUT2D eigenvalue weighted by Crippen LogP contribution is 2.31. The van der Waals surface area contributed by atoms with E-state index >= 15 is 0 Å². The summed E-state index contributed by atoms with van der Waals surface area (Å²) in [5, 5.41) is 10.7. The Morgan fingerprint density at radius 1 is 1.28 bits per heavy atom. The molecule has 1 fully saturated rings. The summed E-state index contributed by atoms with van der Waals surface area (Å²) >= 11 is 1.41. The van der Waals surface area contributed by atoms with E-state index < -0.39 is 0 Å². The van der Waals surface area contributed by atoms with Gasteiger partial charge in [0.1, 0.15) is 5.82 Å². The summed E-state index contributed by atoms with van der Waals surface area (Å²) in [6.45, 7) is 3.88. The second kappa shape index (κ2) is 9.02. The molecular formula is C20H23ClFN5OS. The second-order valence-corrected chi connectivity index (χ2v) is 8.24. The van der Waals surface area contributed by atoms with E-state index in [0.717, 1.165) is 47.8 Å². The molecule has 29 heavy (non-hydrogen) atoms. The Morgan fingerprint density at radius 3 is 2.66 bits per heavy atom. The molecule has 1 aliphatic rings. The summed E-state index contributed by atoms with van der Waals surface area (Å²) in [5.41, 5.74) is 1.82. The number of carbonyl (C=O) groups is 1. The molecule has 1 amide bonds. The Labute approximate surface area is 179 Å². The van der Waals surface area contributed by atoms with Crippen LogP contribution in [0.25, 0.3) is 11.1 Å². The first-order chi connectivity index (χ1) is 13.5. The minimum Gasteiger partial charge on any atom is -0.317 e. The molecule has 0 bridgehead atoms. The highest BCUT2D eigenvalue weighted by molar-refractivity contribution is 7.14. The lowest BCUT2D eigenvalue weighted by Gasteiger charge is -2.19. The molecule has 0 aliphatic carbocycles. The normalized spacial score (nSPS) is 14.4. The molecule has 2 N–H and O–H groups in total. The summed E-state index contributed by atoms with van der Waals surface area (Å²) in [6.07, 6.45) is 2.01. The molecule has 0 saturated carbocycles.